The van der Waals surface area contributed by atoms with Gasteiger partial charge in [-0.15, -0.1) is 5.10 Å². The van der Waals surface area contributed by atoms with Crippen molar-refractivity contribution in [1.29, 1.82) is 0 Å². The molecule has 0 aliphatic heterocycles. The third-order valence-electron chi connectivity index (χ3n) is 3.82. The molecule has 3 heterocycles. The van der Waals surface area contributed by atoms with Crippen molar-refractivity contribution >= 4 is 24.1 Å². The number of H-pyrrole nitrogens is 1. The third kappa shape index (κ3) is 3.20. The number of nitro groups is 1. The fourth-order valence-corrected chi connectivity index (χ4v) is 2.73. The Balaban J connectivity index is 1.68. The average molecular weight is 380 g/mol. The Morgan fingerprint density at radius 2 is 2.04 bits per heavy atom. The first-order chi connectivity index (χ1) is 13.1. The molecular formula is C17H12N6O3S. The Morgan fingerprint density at radius 3 is 2.74 bits per heavy atom. The third-order valence-corrected chi connectivity index (χ3v) is 4.08. The van der Waals surface area contributed by atoms with Crippen molar-refractivity contribution in [3.8, 4) is 17.3 Å². The first-order valence-corrected chi connectivity index (χ1v) is 8.22. The van der Waals surface area contributed by atoms with Crippen LogP contribution in [-0.2, 0) is 0 Å². The fraction of sp³-hybridized carbons (Fsp3) is 0. The summed E-state index contributed by atoms with van der Waals surface area (Å²) in [5.74, 6) is 0.986. The van der Waals surface area contributed by atoms with Crippen molar-refractivity contribution in [3.05, 3.63) is 81.6 Å². The number of nitrogens with one attached hydrogen (secondary N) is 1. The van der Waals surface area contributed by atoms with Crippen LogP contribution in [0.5, 0.6) is 0 Å². The number of aromatic amines is 1. The van der Waals surface area contributed by atoms with Crippen LogP contribution in [0.25, 0.3) is 17.3 Å². The first kappa shape index (κ1) is 16.7. The molecule has 4 rings (SSSR count). The molecule has 0 aliphatic rings. The summed E-state index contributed by atoms with van der Waals surface area (Å²) >= 11 is 5.23. The largest absolute Gasteiger partial charge is 0.461 e. The Morgan fingerprint density at radius 1 is 1.22 bits per heavy atom. The van der Waals surface area contributed by atoms with Crippen molar-refractivity contribution in [1.82, 2.24) is 19.4 Å². The molecule has 0 unspecified atom stereocenters. The number of nitro benzene ring substituents is 1. The highest BCUT2D eigenvalue weighted by atomic mass is 32.1. The topological polar surface area (TPSA) is 107 Å². The number of rotatable bonds is 5. The van der Waals surface area contributed by atoms with Gasteiger partial charge in [0.1, 0.15) is 0 Å². The number of furan rings is 1. The minimum Gasteiger partial charge on any atom is -0.461 e. The zero-order chi connectivity index (χ0) is 18.8. The Kier molecular flexibility index (Phi) is 4.22. The number of hydrogen-bond donors (Lipinski definition) is 1. The second-order valence-corrected chi connectivity index (χ2v) is 5.85. The lowest BCUT2D eigenvalue weighted by Crippen LogP contribution is -2.00. The van der Waals surface area contributed by atoms with Gasteiger partial charge in [0.15, 0.2) is 5.76 Å². The predicted octanol–water partition coefficient (Wildman–Crippen LogP) is 3.78. The normalized spacial score (nSPS) is 11.3. The molecule has 27 heavy (non-hydrogen) atoms. The van der Waals surface area contributed by atoms with Gasteiger partial charge in [0.2, 0.25) is 10.6 Å². The maximum Gasteiger partial charge on any atom is 0.269 e. The summed E-state index contributed by atoms with van der Waals surface area (Å²) in [5, 5.41) is 22.0. The molecule has 1 aromatic carbocycles. The second kappa shape index (κ2) is 6.84. The number of hydrogen-bond acceptors (Lipinski definition) is 6. The lowest BCUT2D eigenvalue weighted by Gasteiger charge is -2.06. The van der Waals surface area contributed by atoms with Gasteiger partial charge in [-0.05, 0) is 48.6 Å². The van der Waals surface area contributed by atoms with Gasteiger partial charge in [0.25, 0.3) is 5.69 Å². The monoisotopic (exact) mass is 380 g/mol. The van der Waals surface area contributed by atoms with Gasteiger partial charge in [0.05, 0.1) is 23.1 Å². The van der Waals surface area contributed by atoms with Crippen LogP contribution < -0.4 is 0 Å². The van der Waals surface area contributed by atoms with E-state index in [1.807, 2.05) is 22.9 Å². The van der Waals surface area contributed by atoms with E-state index in [-0.39, 0.29) is 5.69 Å². The van der Waals surface area contributed by atoms with Crippen LogP contribution in [-0.4, -0.2) is 30.6 Å². The lowest BCUT2D eigenvalue weighted by atomic mass is 10.3. The smallest absolute Gasteiger partial charge is 0.269 e. The highest BCUT2D eigenvalue weighted by Crippen LogP contribution is 2.19. The van der Waals surface area contributed by atoms with Gasteiger partial charge in [-0.25, -0.2) is 5.10 Å². The van der Waals surface area contributed by atoms with Crippen LogP contribution in [0, 0.1) is 14.9 Å². The molecule has 0 saturated carbocycles. The summed E-state index contributed by atoms with van der Waals surface area (Å²) < 4.78 is 8.99. The molecular weight excluding hydrogens is 368 g/mol. The SMILES string of the molecule is O=[N+]([O-])c1ccc(-n2cccc2/C=N\n2c(-c3ccco3)n[nH]c2=S)cc1. The van der Waals surface area contributed by atoms with Crippen LogP contribution in [0.3, 0.4) is 0 Å². The second-order valence-electron chi connectivity index (χ2n) is 5.46. The number of aromatic nitrogens is 4. The minimum atomic E-state index is -0.432. The molecule has 134 valence electrons. The van der Waals surface area contributed by atoms with Gasteiger partial charge in [-0.1, -0.05) is 0 Å². The molecule has 4 aromatic rings. The molecule has 0 amide bonds. The molecule has 1 N–H and O–H groups in total. The summed E-state index contributed by atoms with van der Waals surface area (Å²) in [6.07, 6.45) is 5.00. The fourth-order valence-electron chi connectivity index (χ4n) is 2.55. The van der Waals surface area contributed by atoms with Crippen molar-refractivity contribution in [2.24, 2.45) is 5.10 Å². The molecule has 0 fully saturated rings. The first-order valence-electron chi connectivity index (χ1n) is 7.81. The van der Waals surface area contributed by atoms with Crippen LogP contribution in [0.4, 0.5) is 5.69 Å². The summed E-state index contributed by atoms with van der Waals surface area (Å²) in [5.41, 5.74) is 1.57. The van der Waals surface area contributed by atoms with Gasteiger partial charge < -0.3 is 8.98 Å². The quantitative estimate of drug-likeness (QED) is 0.245. The Bertz CT molecular complexity index is 1170. The van der Waals surface area contributed by atoms with Crippen molar-refractivity contribution in [3.63, 3.8) is 0 Å². The predicted molar refractivity (Wildman–Crippen MR) is 101 cm³/mol. The number of non-ortho nitro benzene ring substituents is 1. The van der Waals surface area contributed by atoms with E-state index in [9.17, 15) is 10.1 Å². The number of nitrogens with zero attached hydrogens (tertiary/aromatic N) is 5. The van der Waals surface area contributed by atoms with E-state index in [2.05, 4.69) is 15.3 Å². The maximum absolute atomic E-state index is 10.8. The summed E-state index contributed by atoms with van der Waals surface area (Å²) in [6, 6.07) is 13.5. The van der Waals surface area contributed by atoms with E-state index in [1.165, 1.54) is 16.8 Å². The summed E-state index contributed by atoms with van der Waals surface area (Å²) in [7, 11) is 0. The zero-order valence-electron chi connectivity index (χ0n) is 13.7. The molecule has 10 heteroatoms. The van der Waals surface area contributed by atoms with E-state index in [0.29, 0.717) is 16.4 Å². The van der Waals surface area contributed by atoms with E-state index in [0.717, 1.165) is 11.4 Å². The van der Waals surface area contributed by atoms with E-state index >= 15 is 0 Å². The van der Waals surface area contributed by atoms with Crippen molar-refractivity contribution in [2.45, 2.75) is 0 Å². The van der Waals surface area contributed by atoms with Crippen LogP contribution in [0.2, 0.25) is 0 Å². The van der Waals surface area contributed by atoms with E-state index in [1.54, 1.807) is 36.7 Å². The van der Waals surface area contributed by atoms with E-state index in [4.69, 9.17) is 16.6 Å². The molecule has 0 aliphatic carbocycles. The lowest BCUT2D eigenvalue weighted by molar-refractivity contribution is -0.384. The number of benzene rings is 1. The summed E-state index contributed by atoms with van der Waals surface area (Å²) in [4.78, 5) is 10.4. The van der Waals surface area contributed by atoms with Crippen LogP contribution in [0.15, 0.2) is 70.5 Å². The van der Waals surface area contributed by atoms with Crippen LogP contribution in [0.1, 0.15) is 5.69 Å². The molecule has 0 spiro atoms. The summed E-state index contributed by atoms with van der Waals surface area (Å²) in [6.45, 7) is 0. The Hall–Kier alpha value is -3.79. The van der Waals surface area contributed by atoms with Gasteiger partial charge in [0, 0.05) is 24.0 Å². The zero-order valence-corrected chi connectivity index (χ0v) is 14.5. The molecule has 0 saturated heterocycles. The van der Waals surface area contributed by atoms with E-state index < -0.39 is 4.92 Å². The van der Waals surface area contributed by atoms with Gasteiger partial charge in [-0.3, -0.25) is 10.1 Å². The van der Waals surface area contributed by atoms with Crippen molar-refractivity contribution < 1.29 is 9.34 Å². The van der Waals surface area contributed by atoms with Crippen molar-refractivity contribution in [2.75, 3.05) is 0 Å². The molecule has 3 aromatic heterocycles. The minimum absolute atomic E-state index is 0.0360. The van der Waals surface area contributed by atoms with Gasteiger partial charge in [-0.2, -0.15) is 9.78 Å². The molecule has 9 nitrogen and oxygen atoms in total. The van der Waals surface area contributed by atoms with Crippen LogP contribution >= 0.6 is 12.2 Å². The molecule has 0 bridgehead atoms. The highest BCUT2D eigenvalue weighted by molar-refractivity contribution is 7.71. The standard InChI is InChI=1S/C17H12N6O3S/c24-23(25)13-7-5-12(6-8-13)21-9-1-3-14(21)11-18-22-16(19-20-17(22)27)15-4-2-10-26-15/h1-11H,(H,20,27)/b18-11-. The average Bonchev–Trinajstić information content (AvgIpc) is 3.41. The Labute approximate surface area is 157 Å². The molecule has 0 radical (unpaired) electrons. The maximum atomic E-state index is 10.8. The van der Waals surface area contributed by atoms with Gasteiger partial charge >= 0.3 is 0 Å². The molecule has 0 atom stereocenters. The highest BCUT2D eigenvalue weighted by Gasteiger charge is 2.11.